The summed E-state index contributed by atoms with van der Waals surface area (Å²) in [6.07, 6.45) is 0. The molecule has 1 aromatic carbocycles. The Morgan fingerprint density at radius 3 is 1.83 bits per heavy atom. The highest BCUT2D eigenvalue weighted by molar-refractivity contribution is 7.11. The van der Waals surface area contributed by atoms with Gasteiger partial charge in [0.1, 0.15) is 0 Å². The smallest absolute Gasteiger partial charge is 0.0953 e. The van der Waals surface area contributed by atoms with Crippen molar-refractivity contribution in [2.75, 3.05) is 5.32 Å². The summed E-state index contributed by atoms with van der Waals surface area (Å²) in [5.41, 5.74) is 1.16. The van der Waals surface area contributed by atoms with E-state index >= 15 is 0 Å². The second kappa shape index (κ2) is 5.38. The molecule has 0 saturated heterocycles. The molecule has 90 valence electrons. The third-order valence-electron chi connectivity index (χ3n) is 2.74. The van der Waals surface area contributed by atoms with E-state index in [1.165, 1.54) is 9.75 Å². The Morgan fingerprint density at radius 1 is 0.722 bits per heavy atom. The lowest BCUT2D eigenvalue weighted by Crippen LogP contribution is -2.09. The van der Waals surface area contributed by atoms with Crippen molar-refractivity contribution in [3.63, 3.8) is 0 Å². The Bertz CT molecular complexity index is 536. The van der Waals surface area contributed by atoms with Crippen LogP contribution in [0.1, 0.15) is 15.8 Å². The maximum Gasteiger partial charge on any atom is 0.0953 e. The Kier molecular flexibility index (Phi) is 3.44. The van der Waals surface area contributed by atoms with Crippen molar-refractivity contribution in [3.8, 4) is 0 Å². The molecule has 0 fully saturated rings. The third-order valence-corrected chi connectivity index (χ3v) is 4.61. The zero-order valence-electron chi connectivity index (χ0n) is 9.74. The second-order valence-electron chi connectivity index (χ2n) is 3.97. The Labute approximate surface area is 115 Å². The van der Waals surface area contributed by atoms with Gasteiger partial charge in [0, 0.05) is 15.4 Å². The minimum absolute atomic E-state index is 0.257. The average Bonchev–Trinajstić information content (AvgIpc) is 3.11. The van der Waals surface area contributed by atoms with Gasteiger partial charge in [-0.25, -0.2) is 0 Å². The molecule has 3 rings (SSSR count). The molecule has 2 aromatic heterocycles. The quantitative estimate of drug-likeness (QED) is 0.703. The fourth-order valence-corrected chi connectivity index (χ4v) is 3.56. The molecule has 0 unspecified atom stereocenters. The predicted molar refractivity (Wildman–Crippen MR) is 80.5 cm³/mol. The number of hydrogen-bond donors (Lipinski definition) is 1. The van der Waals surface area contributed by atoms with Gasteiger partial charge in [0.05, 0.1) is 6.04 Å². The molecule has 0 amide bonds. The zero-order chi connectivity index (χ0) is 12.2. The normalized spacial score (nSPS) is 10.7. The van der Waals surface area contributed by atoms with Crippen LogP contribution in [-0.2, 0) is 0 Å². The monoisotopic (exact) mass is 271 g/mol. The highest BCUT2D eigenvalue weighted by Crippen LogP contribution is 2.32. The molecule has 0 saturated carbocycles. The molecule has 0 atom stereocenters. The van der Waals surface area contributed by atoms with E-state index in [1.807, 2.05) is 6.07 Å². The number of hydrogen-bond acceptors (Lipinski definition) is 3. The van der Waals surface area contributed by atoms with Crippen molar-refractivity contribution >= 4 is 28.4 Å². The second-order valence-corrected chi connectivity index (χ2v) is 5.93. The number of benzene rings is 1. The third kappa shape index (κ3) is 2.47. The van der Waals surface area contributed by atoms with Crippen LogP contribution in [0.15, 0.2) is 65.4 Å². The van der Waals surface area contributed by atoms with Gasteiger partial charge in [-0.15, -0.1) is 22.7 Å². The van der Waals surface area contributed by atoms with Gasteiger partial charge in [-0.05, 0) is 35.0 Å². The van der Waals surface area contributed by atoms with Gasteiger partial charge in [-0.2, -0.15) is 0 Å². The Morgan fingerprint density at radius 2 is 1.33 bits per heavy atom. The van der Waals surface area contributed by atoms with Crippen LogP contribution in [0.5, 0.6) is 0 Å². The SMILES string of the molecule is c1ccc(NC(c2cccs2)c2cccs2)cc1. The zero-order valence-corrected chi connectivity index (χ0v) is 11.4. The lowest BCUT2D eigenvalue weighted by Gasteiger charge is -2.17. The number of nitrogens with one attached hydrogen (secondary N) is 1. The van der Waals surface area contributed by atoms with Crippen LogP contribution < -0.4 is 5.32 Å². The van der Waals surface area contributed by atoms with Gasteiger partial charge >= 0.3 is 0 Å². The standard InChI is InChI=1S/C15H13NS2/c1-2-6-12(7-3-1)16-15(13-8-4-10-17-13)14-9-5-11-18-14/h1-11,15-16H. The molecule has 1 nitrogen and oxygen atoms in total. The molecule has 0 spiro atoms. The number of rotatable bonds is 4. The molecule has 0 radical (unpaired) electrons. The minimum Gasteiger partial charge on any atom is -0.373 e. The summed E-state index contributed by atoms with van der Waals surface area (Å²) in [7, 11) is 0. The molecule has 0 bridgehead atoms. The molecular formula is C15H13NS2. The van der Waals surface area contributed by atoms with Crippen molar-refractivity contribution in [3.05, 3.63) is 75.1 Å². The summed E-state index contributed by atoms with van der Waals surface area (Å²) in [5, 5.41) is 7.86. The fourth-order valence-electron chi connectivity index (χ4n) is 1.89. The molecule has 0 aliphatic rings. The maximum absolute atomic E-state index is 3.60. The molecule has 3 heteroatoms. The van der Waals surface area contributed by atoms with E-state index in [9.17, 15) is 0 Å². The first-order valence-electron chi connectivity index (χ1n) is 5.82. The van der Waals surface area contributed by atoms with Crippen LogP contribution in [0.3, 0.4) is 0 Å². The summed E-state index contributed by atoms with van der Waals surface area (Å²) in [5.74, 6) is 0. The topological polar surface area (TPSA) is 12.0 Å². The molecular weight excluding hydrogens is 258 g/mol. The first-order valence-corrected chi connectivity index (χ1v) is 7.58. The average molecular weight is 271 g/mol. The number of thiophene rings is 2. The first kappa shape index (κ1) is 11.5. The largest absolute Gasteiger partial charge is 0.373 e. The van der Waals surface area contributed by atoms with Gasteiger partial charge in [0.15, 0.2) is 0 Å². The summed E-state index contributed by atoms with van der Waals surface area (Å²) < 4.78 is 0. The van der Waals surface area contributed by atoms with Crippen LogP contribution in [0.2, 0.25) is 0 Å². The van der Waals surface area contributed by atoms with E-state index in [-0.39, 0.29) is 6.04 Å². The van der Waals surface area contributed by atoms with Crippen LogP contribution >= 0.6 is 22.7 Å². The summed E-state index contributed by atoms with van der Waals surface area (Å²) >= 11 is 3.59. The fraction of sp³-hybridized carbons (Fsp3) is 0.0667. The van der Waals surface area contributed by atoms with Gasteiger partial charge in [0.2, 0.25) is 0 Å². The predicted octanol–water partition coefficient (Wildman–Crippen LogP) is 5.01. The molecule has 2 heterocycles. The van der Waals surface area contributed by atoms with Crippen molar-refractivity contribution in [1.29, 1.82) is 0 Å². The molecule has 18 heavy (non-hydrogen) atoms. The number of anilines is 1. The van der Waals surface area contributed by atoms with E-state index in [1.54, 1.807) is 22.7 Å². The van der Waals surface area contributed by atoms with E-state index in [0.717, 1.165) is 5.69 Å². The molecule has 3 aromatic rings. The lowest BCUT2D eigenvalue weighted by molar-refractivity contribution is 0.993. The van der Waals surface area contributed by atoms with Crippen LogP contribution in [0.25, 0.3) is 0 Å². The van der Waals surface area contributed by atoms with E-state index in [4.69, 9.17) is 0 Å². The maximum atomic E-state index is 3.60. The van der Waals surface area contributed by atoms with Crippen molar-refractivity contribution in [2.24, 2.45) is 0 Å². The van der Waals surface area contributed by atoms with Crippen molar-refractivity contribution in [2.45, 2.75) is 6.04 Å². The number of para-hydroxylation sites is 1. The van der Waals surface area contributed by atoms with Crippen molar-refractivity contribution < 1.29 is 0 Å². The minimum atomic E-state index is 0.257. The van der Waals surface area contributed by atoms with Crippen LogP contribution in [0.4, 0.5) is 5.69 Å². The van der Waals surface area contributed by atoms with E-state index < -0.39 is 0 Å². The first-order chi connectivity index (χ1) is 8.93. The highest BCUT2D eigenvalue weighted by atomic mass is 32.1. The van der Waals surface area contributed by atoms with Crippen LogP contribution in [0, 0.1) is 0 Å². The van der Waals surface area contributed by atoms with E-state index in [0.29, 0.717) is 0 Å². The van der Waals surface area contributed by atoms with Crippen LogP contribution in [-0.4, -0.2) is 0 Å². The summed E-state index contributed by atoms with van der Waals surface area (Å²) in [6, 6.07) is 19.2. The van der Waals surface area contributed by atoms with Gasteiger partial charge < -0.3 is 5.32 Å². The summed E-state index contributed by atoms with van der Waals surface area (Å²) in [4.78, 5) is 2.70. The van der Waals surface area contributed by atoms with E-state index in [2.05, 4.69) is 64.6 Å². The Hall–Kier alpha value is -1.58. The molecule has 1 N–H and O–H groups in total. The van der Waals surface area contributed by atoms with Gasteiger partial charge in [0.25, 0.3) is 0 Å². The van der Waals surface area contributed by atoms with Gasteiger partial charge in [-0.1, -0.05) is 30.3 Å². The van der Waals surface area contributed by atoms with Crippen molar-refractivity contribution in [1.82, 2.24) is 0 Å². The summed E-state index contributed by atoms with van der Waals surface area (Å²) in [6.45, 7) is 0. The lowest BCUT2D eigenvalue weighted by atomic mass is 10.2. The highest BCUT2D eigenvalue weighted by Gasteiger charge is 2.15. The molecule has 0 aliphatic heterocycles. The Balaban J connectivity index is 1.92. The van der Waals surface area contributed by atoms with Gasteiger partial charge in [-0.3, -0.25) is 0 Å². The molecule has 0 aliphatic carbocycles.